The zero-order chi connectivity index (χ0) is 14.5. The minimum absolute atomic E-state index is 0.161. The van der Waals surface area contributed by atoms with Crippen molar-refractivity contribution in [1.82, 2.24) is 10.2 Å². The molecule has 0 saturated carbocycles. The third-order valence-corrected chi connectivity index (χ3v) is 5.26. The van der Waals surface area contributed by atoms with Gasteiger partial charge in [0.2, 0.25) is 0 Å². The molecule has 0 spiro atoms. The van der Waals surface area contributed by atoms with Crippen molar-refractivity contribution in [3.8, 4) is 0 Å². The molecule has 0 aliphatic carbocycles. The number of hydrogen-bond donors (Lipinski definition) is 1. The number of rotatable bonds is 1. The average Bonchev–Trinajstić information content (AvgIpc) is 2.91. The molecule has 2 fully saturated rings. The molecule has 1 amide bonds. The predicted molar refractivity (Wildman–Crippen MR) is 79.1 cm³/mol. The summed E-state index contributed by atoms with van der Waals surface area (Å²) in [5.41, 5.74) is -0.0701. The molecule has 3 nitrogen and oxygen atoms in total. The van der Waals surface area contributed by atoms with Crippen LogP contribution in [0.2, 0.25) is 0 Å². The van der Waals surface area contributed by atoms with Crippen LogP contribution in [0.3, 0.4) is 0 Å². The summed E-state index contributed by atoms with van der Waals surface area (Å²) >= 11 is 3.22. The van der Waals surface area contributed by atoms with E-state index in [1.165, 1.54) is 6.07 Å². The number of nitrogens with one attached hydrogen (secondary N) is 1. The quantitative estimate of drug-likeness (QED) is 0.852. The number of halogens is 2. The fraction of sp³-hybridized carbons (Fsp3) is 0.533. The molecule has 0 radical (unpaired) electrons. The largest absolute Gasteiger partial charge is 0.333 e. The third kappa shape index (κ3) is 2.07. The van der Waals surface area contributed by atoms with E-state index >= 15 is 0 Å². The number of likely N-dealkylation sites (tertiary alicyclic amines) is 1. The van der Waals surface area contributed by atoms with E-state index in [2.05, 4.69) is 35.1 Å². The van der Waals surface area contributed by atoms with Gasteiger partial charge in [0.25, 0.3) is 5.91 Å². The van der Waals surface area contributed by atoms with Crippen LogP contribution in [-0.2, 0) is 0 Å². The maximum atomic E-state index is 14.0. The molecular formula is C15H18BrFN2O. The minimum Gasteiger partial charge on any atom is -0.333 e. The number of benzene rings is 1. The van der Waals surface area contributed by atoms with Crippen molar-refractivity contribution < 1.29 is 9.18 Å². The van der Waals surface area contributed by atoms with Crippen molar-refractivity contribution >= 4 is 21.8 Å². The lowest BCUT2D eigenvalue weighted by Gasteiger charge is -2.35. The van der Waals surface area contributed by atoms with Crippen LogP contribution in [0.1, 0.15) is 24.2 Å². The van der Waals surface area contributed by atoms with Crippen LogP contribution < -0.4 is 5.32 Å². The summed E-state index contributed by atoms with van der Waals surface area (Å²) in [4.78, 5) is 14.5. The Hall–Kier alpha value is -0.940. The molecule has 2 aliphatic rings. The van der Waals surface area contributed by atoms with Gasteiger partial charge in [0.1, 0.15) is 5.82 Å². The van der Waals surface area contributed by atoms with Crippen LogP contribution >= 0.6 is 15.9 Å². The average molecular weight is 341 g/mol. The van der Waals surface area contributed by atoms with Crippen LogP contribution in [-0.4, -0.2) is 36.0 Å². The predicted octanol–water partition coefficient (Wildman–Crippen LogP) is 2.66. The van der Waals surface area contributed by atoms with Crippen LogP contribution in [0.25, 0.3) is 0 Å². The Morgan fingerprint density at radius 1 is 1.45 bits per heavy atom. The van der Waals surface area contributed by atoms with Gasteiger partial charge in [-0.15, -0.1) is 0 Å². The molecule has 2 atom stereocenters. The zero-order valence-corrected chi connectivity index (χ0v) is 13.2. The summed E-state index contributed by atoms with van der Waals surface area (Å²) in [6, 6.07) is 4.62. The van der Waals surface area contributed by atoms with Gasteiger partial charge >= 0.3 is 0 Å². The summed E-state index contributed by atoms with van der Waals surface area (Å²) in [6.07, 6.45) is 0. The number of carbonyl (C=O) groups excluding carboxylic acids is 1. The maximum absolute atomic E-state index is 14.0. The molecule has 2 unspecified atom stereocenters. The van der Waals surface area contributed by atoms with Gasteiger partial charge in [-0.25, -0.2) is 4.39 Å². The SMILES string of the molecule is CC1(C)C2CNCC2CN1C(=O)c1ccc(Br)cc1F. The Kier molecular flexibility index (Phi) is 3.37. The number of fused-ring (bicyclic) bond motifs is 1. The Balaban J connectivity index is 1.91. The fourth-order valence-corrected chi connectivity index (χ4v) is 3.91. The highest BCUT2D eigenvalue weighted by Crippen LogP contribution is 2.41. The molecule has 2 heterocycles. The molecular weight excluding hydrogens is 323 g/mol. The zero-order valence-electron chi connectivity index (χ0n) is 11.6. The van der Waals surface area contributed by atoms with Gasteiger partial charge in [-0.2, -0.15) is 0 Å². The molecule has 108 valence electrons. The Morgan fingerprint density at radius 3 is 2.85 bits per heavy atom. The lowest BCUT2D eigenvalue weighted by atomic mass is 9.84. The van der Waals surface area contributed by atoms with Crippen LogP contribution in [0.4, 0.5) is 4.39 Å². The van der Waals surface area contributed by atoms with E-state index in [1.54, 1.807) is 12.1 Å². The second-order valence-corrected chi connectivity index (χ2v) is 7.13. The highest BCUT2D eigenvalue weighted by atomic mass is 79.9. The molecule has 20 heavy (non-hydrogen) atoms. The van der Waals surface area contributed by atoms with Crippen molar-refractivity contribution in [2.75, 3.05) is 19.6 Å². The van der Waals surface area contributed by atoms with Crippen LogP contribution in [0.5, 0.6) is 0 Å². The molecule has 1 aromatic carbocycles. The van der Waals surface area contributed by atoms with Gasteiger partial charge in [-0.05, 0) is 43.9 Å². The molecule has 2 saturated heterocycles. The van der Waals surface area contributed by atoms with Crippen molar-refractivity contribution in [3.05, 3.63) is 34.1 Å². The summed E-state index contributed by atoms with van der Waals surface area (Å²) in [5, 5.41) is 3.38. The normalized spacial score (nSPS) is 27.7. The smallest absolute Gasteiger partial charge is 0.257 e. The van der Waals surface area contributed by atoms with Gasteiger partial charge < -0.3 is 10.2 Å². The number of hydrogen-bond acceptors (Lipinski definition) is 2. The fourth-order valence-electron chi connectivity index (χ4n) is 3.57. The van der Waals surface area contributed by atoms with E-state index in [4.69, 9.17) is 0 Å². The highest BCUT2D eigenvalue weighted by molar-refractivity contribution is 9.10. The van der Waals surface area contributed by atoms with Gasteiger partial charge in [-0.3, -0.25) is 4.79 Å². The maximum Gasteiger partial charge on any atom is 0.257 e. The van der Waals surface area contributed by atoms with Gasteiger partial charge in [0.05, 0.1) is 5.56 Å². The van der Waals surface area contributed by atoms with Gasteiger partial charge in [0.15, 0.2) is 0 Å². The third-order valence-electron chi connectivity index (χ3n) is 4.77. The lowest BCUT2D eigenvalue weighted by molar-refractivity contribution is 0.0598. The van der Waals surface area contributed by atoms with E-state index in [0.29, 0.717) is 22.9 Å². The molecule has 3 rings (SSSR count). The van der Waals surface area contributed by atoms with E-state index in [1.807, 2.05) is 4.90 Å². The monoisotopic (exact) mass is 340 g/mol. The topological polar surface area (TPSA) is 32.3 Å². The van der Waals surface area contributed by atoms with Gasteiger partial charge in [0, 0.05) is 29.6 Å². The van der Waals surface area contributed by atoms with Crippen molar-refractivity contribution in [1.29, 1.82) is 0 Å². The van der Waals surface area contributed by atoms with E-state index < -0.39 is 5.82 Å². The van der Waals surface area contributed by atoms with E-state index in [-0.39, 0.29) is 17.0 Å². The minimum atomic E-state index is -0.463. The van der Waals surface area contributed by atoms with Crippen molar-refractivity contribution in [2.24, 2.45) is 11.8 Å². The Bertz CT molecular complexity index is 561. The molecule has 5 heteroatoms. The van der Waals surface area contributed by atoms with Crippen molar-refractivity contribution in [3.63, 3.8) is 0 Å². The first-order valence-corrected chi connectivity index (χ1v) is 7.68. The first kappa shape index (κ1) is 14.0. The van der Waals surface area contributed by atoms with Crippen molar-refractivity contribution in [2.45, 2.75) is 19.4 Å². The number of carbonyl (C=O) groups is 1. The highest BCUT2D eigenvalue weighted by Gasteiger charge is 2.51. The number of nitrogens with zero attached hydrogens (tertiary/aromatic N) is 1. The molecule has 0 bridgehead atoms. The van der Waals surface area contributed by atoms with E-state index in [0.717, 1.165) is 13.1 Å². The first-order valence-electron chi connectivity index (χ1n) is 6.89. The molecule has 0 aromatic heterocycles. The summed E-state index contributed by atoms with van der Waals surface area (Å²) in [5.74, 6) is 0.266. The Labute approximate surface area is 126 Å². The van der Waals surface area contributed by atoms with E-state index in [9.17, 15) is 9.18 Å². The summed E-state index contributed by atoms with van der Waals surface area (Å²) < 4.78 is 14.7. The molecule has 2 aliphatic heterocycles. The second-order valence-electron chi connectivity index (χ2n) is 6.22. The lowest BCUT2D eigenvalue weighted by Crippen LogP contribution is -2.47. The van der Waals surface area contributed by atoms with Gasteiger partial charge in [-0.1, -0.05) is 15.9 Å². The molecule has 1 aromatic rings. The van der Waals surface area contributed by atoms with Crippen LogP contribution in [0.15, 0.2) is 22.7 Å². The second kappa shape index (κ2) is 4.81. The number of amides is 1. The first-order chi connectivity index (χ1) is 9.41. The molecule has 1 N–H and O–H groups in total. The summed E-state index contributed by atoms with van der Waals surface area (Å²) in [7, 11) is 0. The van der Waals surface area contributed by atoms with Crippen LogP contribution in [0, 0.1) is 17.7 Å². The standard InChI is InChI=1S/C15H18BrFN2O/c1-15(2)12-7-18-6-9(12)8-19(15)14(20)11-4-3-10(16)5-13(11)17/h3-5,9,12,18H,6-8H2,1-2H3. The Morgan fingerprint density at radius 2 is 2.20 bits per heavy atom. The summed E-state index contributed by atoms with van der Waals surface area (Å²) in [6.45, 7) is 6.75.